The summed E-state index contributed by atoms with van der Waals surface area (Å²) in [4.78, 5) is 6.24. The number of aryl methyl sites for hydroxylation is 1. The highest BCUT2D eigenvalue weighted by Gasteiger charge is 2.10. The first-order valence-corrected chi connectivity index (χ1v) is 7.57. The van der Waals surface area contributed by atoms with E-state index in [1.54, 1.807) is 0 Å². The Hall–Kier alpha value is -1.94. The number of nitrogens with one attached hydrogen (secondary N) is 1. The Bertz CT molecular complexity index is 566. The maximum Gasteiger partial charge on any atom is 0.169 e. The van der Waals surface area contributed by atoms with Crippen LogP contribution in [0.25, 0.3) is 0 Å². The second kappa shape index (κ2) is 7.74. The molecular weight excluding hydrogens is 278 g/mol. The van der Waals surface area contributed by atoms with Crippen molar-refractivity contribution in [3.63, 3.8) is 0 Å². The van der Waals surface area contributed by atoms with Gasteiger partial charge in [-0.05, 0) is 49.3 Å². The fourth-order valence-electron chi connectivity index (χ4n) is 2.08. The predicted molar refractivity (Wildman–Crippen MR) is 90.9 cm³/mol. The van der Waals surface area contributed by atoms with E-state index >= 15 is 0 Å². The Balaban J connectivity index is 2.11. The standard InChI is InChI=1S/C17H21N3S/c1-3-19-17(21)20(13-16-8-10-18-11-9-16)12-15-6-4-14(2)5-7-15/h4-11H,3,12-13H2,1-2H3,(H,19,21). The van der Waals surface area contributed by atoms with E-state index in [9.17, 15) is 0 Å². The summed E-state index contributed by atoms with van der Waals surface area (Å²) in [6.45, 7) is 6.57. The third-order valence-electron chi connectivity index (χ3n) is 3.23. The van der Waals surface area contributed by atoms with Gasteiger partial charge in [0.15, 0.2) is 5.11 Å². The normalized spacial score (nSPS) is 10.2. The van der Waals surface area contributed by atoms with Crippen LogP contribution in [0.3, 0.4) is 0 Å². The van der Waals surface area contributed by atoms with Crippen LogP contribution in [0, 0.1) is 6.92 Å². The van der Waals surface area contributed by atoms with Crippen molar-refractivity contribution in [1.82, 2.24) is 15.2 Å². The van der Waals surface area contributed by atoms with Gasteiger partial charge >= 0.3 is 0 Å². The molecule has 2 aromatic rings. The van der Waals surface area contributed by atoms with Gasteiger partial charge in [-0.2, -0.15) is 0 Å². The zero-order valence-corrected chi connectivity index (χ0v) is 13.4. The molecule has 0 unspecified atom stereocenters. The average molecular weight is 299 g/mol. The molecular formula is C17H21N3S. The molecule has 0 saturated carbocycles. The molecule has 0 saturated heterocycles. The first kappa shape index (κ1) is 15.4. The summed E-state index contributed by atoms with van der Waals surface area (Å²) in [6.07, 6.45) is 3.63. The molecule has 0 bridgehead atoms. The van der Waals surface area contributed by atoms with E-state index in [4.69, 9.17) is 12.2 Å². The maximum atomic E-state index is 5.50. The summed E-state index contributed by atoms with van der Waals surface area (Å²) < 4.78 is 0. The van der Waals surface area contributed by atoms with E-state index < -0.39 is 0 Å². The van der Waals surface area contributed by atoms with Crippen LogP contribution in [0.15, 0.2) is 48.8 Å². The van der Waals surface area contributed by atoms with Gasteiger partial charge in [0.1, 0.15) is 0 Å². The van der Waals surface area contributed by atoms with Crippen molar-refractivity contribution in [1.29, 1.82) is 0 Å². The third-order valence-corrected chi connectivity index (χ3v) is 3.63. The molecule has 0 aliphatic carbocycles. The lowest BCUT2D eigenvalue weighted by Gasteiger charge is -2.26. The minimum absolute atomic E-state index is 0.780. The lowest BCUT2D eigenvalue weighted by Crippen LogP contribution is -2.38. The van der Waals surface area contributed by atoms with Crippen molar-refractivity contribution >= 4 is 17.3 Å². The summed E-state index contributed by atoms with van der Waals surface area (Å²) in [5.41, 5.74) is 3.74. The quantitative estimate of drug-likeness (QED) is 0.858. The monoisotopic (exact) mass is 299 g/mol. The number of aromatic nitrogens is 1. The molecule has 0 atom stereocenters. The van der Waals surface area contributed by atoms with Crippen molar-refractivity contribution in [3.05, 3.63) is 65.5 Å². The van der Waals surface area contributed by atoms with Gasteiger partial charge < -0.3 is 10.2 Å². The van der Waals surface area contributed by atoms with Crippen molar-refractivity contribution < 1.29 is 0 Å². The van der Waals surface area contributed by atoms with Gasteiger partial charge in [0.25, 0.3) is 0 Å². The van der Waals surface area contributed by atoms with Crippen LogP contribution in [0.4, 0.5) is 0 Å². The molecule has 0 aliphatic heterocycles. The highest BCUT2D eigenvalue weighted by molar-refractivity contribution is 7.80. The van der Waals surface area contributed by atoms with Crippen LogP contribution in [-0.2, 0) is 13.1 Å². The number of hydrogen-bond acceptors (Lipinski definition) is 2. The largest absolute Gasteiger partial charge is 0.363 e. The molecule has 1 N–H and O–H groups in total. The van der Waals surface area contributed by atoms with Crippen molar-refractivity contribution in [3.8, 4) is 0 Å². The first-order chi connectivity index (χ1) is 10.2. The van der Waals surface area contributed by atoms with Crippen LogP contribution < -0.4 is 5.32 Å². The van der Waals surface area contributed by atoms with Crippen LogP contribution in [0.2, 0.25) is 0 Å². The fraction of sp³-hybridized carbons (Fsp3) is 0.294. The summed E-state index contributed by atoms with van der Waals surface area (Å²) in [5.74, 6) is 0. The van der Waals surface area contributed by atoms with Crippen LogP contribution in [-0.4, -0.2) is 21.5 Å². The molecule has 2 rings (SSSR count). The SMILES string of the molecule is CCNC(=S)N(Cc1ccncc1)Cc1ccc(C)cc1. The van der Waals surface area contributed by atoms with E-state index in [-0.39, 0.29) is 0 Å². The summed E-state index contributed by atoms with van der Waals surface area (Å²) in [5, 5.41) is 4.03. The van der Waals surface area contributed by atoms with E-state index in [1.807, 2.05) is 24.5 Å². The molecule has 3 nitrogen and oxygen atoms in total. The topological polar surface area (TPSA) is 28.2 Å². The van der Waals surface area contributed by atoms with Crippen LogP contribution in [0.5, 0.6) is 0 Å². The average Bonchev–Trinajstić information content (AvgIpc) is 2.50. The Kier molecular flexibility index (Phi) is 5.69. The molecule has 0 radical (unpaired) electrons. The van der Waals surface area contributed by atoms with E-state index in [0.717, 1.165) is 24.7 Å². The van der Waals surface area contributed by atoms with Crippen LogP contribution >= 0.6 is 12.2 Å². The summed E-state index contributed by atoms with van der Waals surface area (Å²) in [6, 6.07) is 12.6. The van der Waals surface area contributed by atoms with Gasteiger partial charge in [-0.3, -0.25) is 4.98 Å². The molecule has 1 aromatic carbocycles. The van der Waals surface area contributed by atoms with Gasteiger partial charge in [-0.1, -0.05) is 29.8 Å². The molecule has 4 heteroatoms. The molecule has 0 fully saturated rings. The highest BCUT2D eigenvalue weighted by Crippen LogP contribution is 2.11. The smallest absolute Gasteiger partial charge is 0.169 e. The number of rotatable bonds is 5. The number of hydrogen-bond donors (Lipinski definition) is 1. The van der Waals surface area contributed by atoms with Crippen LogP contribution in [0.1, 0.15) is 23.6 Å². The molecule has 0 amide bonds. The van der Waals surface area contributed by atoms with Crippen molar-refractivity contribution in [2.24, 2.45) is 0 Å². The second-order valence-corrected chi connectivity index (χ2v) is 5.42. The Morgan fingerprint density at radius 2 is 1.62 bits per heavy atom. The predicted octanol–water partition coefficient (Wildman–Crippen LogP) is 3.29. The second-order valence-electron chi connectivity index (χ2n) is 5.03. The van der Waals surface area contributed by atoms with E-state index in [2.05, 4.69) is 53.3 Å². The van der Waals surface area contributed by atoms with Crippen molar-refractivity contribution in [2.75, 3.05) is 6.54 Å². The number of benzene rings is 1. The molecule has 21 heavy (non-hydrogen) atoms. The number of pyridine rings is 1. The van der Waals surface area contributed by atoms with E-state index in [1.165, 1.54) is 16.7 Å². The first-order valence-electron chi connectivity index (χ1n) is 7.16. The van der Waals surface area contributed by atoms with E-state index in [0.29, 0.717) is 0 Å². The lowest BCUT2D eigenvalue weighted by atomic mass is 10.1. The van der Waals surface area contributed by atoms with Gasteiger partial charge in [-0.25, -0.2) is 0 Å². The van der Waals surface area contributed by atoms with Crippen molar-refractivity contribution in [2.45, 2.75) is 26.9 Å². The molecule has 0 aliphatic rings. The minimum atomic E-state index is 0.780. The van der Waals surface area contributed by atoms with Gasteiger partial charge in [0.05, 0.1) is 0 Å². The zero-order chi connectivity index (χ0) is 15.1. The summed E-state index contributed by atoms with van der Waals surface area (Å²) in [7, 11) is 0. The minimum Gasteiger partial charge on any atom is -0.363 e. The fourth-order valence-corrected chi connectivity index (χ4v) is 2.36. The highest BCUT2D eigenvalue weighted by atomic mass is 32.1. The Labute approximate surface area is 132 Å². The lowest BCUT2D eigenvalue weighted by molar-refractivity contribution is 0.400. The molecule has 0 spiro atoms. The Morgan fingerprint density at radius 1 is 1.05 bits per heavy atom. The summed E-state index contributed by atoms with van der Waals surface area (Å²) >= 11 is 5.50. The van der Waals surface area contributed by atoms with Gasteiger partial charge in [-0.15, -0.1) is 0 Å². The zero-order valence-electron chi connectivity index (χ0n) is 12.5. The van der Waals surface area contributed by atoms with Gasteiger partial charge in [0, 0.05) is 32.0 Å². The number of nitrogens with zero attached hydrogens (tertiary/aromatic N) is 2. The molecule has 1 heterocycles. The molecule has 110 valence electrons. The third kappa shape index (κ3) is 4.83. The number of thiocarbonyl (C=S) groups is 1. The molecule has 1 aromatic heterocycles. The van der Waals surface area contributed by atoms with Gasteiger partial charge in [0.2, 0.25) is 0 Å². The maximum absolute atomic E-state index is 5.50. The Morgan fingerprint density at radius 3 is 2.19 bits per heavy atom.